The summed E-state index contributed by atoms with van der Waals surface area (Å²) in [5.41, 5.74) is 6.50. The molecule has 0 aliphatic carbocycles. The summed E-state index contributed by atoms with van der Waals surface area (Å²) in [5, 5.41) is 16.7. The molecule has 0 atom stereocenters. The molecule has 4 N–H and O–H groups in total. The molecule has 1 aromatic carbocycles. The Labute approximate surface area is 199 Å². The second-order valence-electron chi connectivity index (χ2n) is 9.10. The van der Waals surface area contributed by atoms with E-state index in [2.05, 4.69) is 46.1 Å². The van der Waals surface area contributed by atoms with E-state index in [0.29, 0.717) is 35.6 Å². The molecule has 10 nitrogen and oxygen atoms in total. The average Bonchev–Trinajstić information content (AvgIpc) is 3.44. The van der Waals surface area contributed by atoms with Crippen molar-refractivity contribution in [3.8, 4) is 17.3 Å². The third-order valence-corrected chi connectivity index (χ3v) is 4.37. The number of anilines is 2. The van der Waals surface area contributed by atoms with Crippen LogP contribution in [0.4, 0.5) is 11.9 Å². The van der Waals surface area contributed by atoms with Crippen molar-refractivity contribution in [3.05, 3.63) is 48.2 Å². The first-order valence-electron chi connectivity index (χ1n) is 11.2. The van der Waals surface area contributed by atoms with Crippen LogP contribution in [0.3, 0.4) is 0 Å². The number of aliphatic hydroxyl groups excluding tert-OH is 1. The van der Waals surface area contributed by atoms with Crippen LogP contribution in [0.5, 0.6) is 5.75 Å². The zero-order valence-corrected chi connectivity index (χ0v) is 20.3. The van der Waals surface area contributed by atoms with E-state index in [1.54, 1.807) is 18.4 Å². The lowest BCUT2D eigenvalue weighted by Crippen LogP contribution is -2.32. The highest BCUT2D eigenvalue weighted by atomic mass is 16.5. The van der Waals surface area contributed by atoms with Crippen LogP contribution in [-0.2, 0) is 6.42 Å². The van der Waals surface area contributed by atoms with Crippen molar-refractivity contribution in [3.63, 3.8) is 0 Å². The molecule has 0 saturated carbocycles. The Balaban J connectivity index is 0.000000751. The topological polar surface area (TPSA) is 137 Å². The van der Waals surface area contributed by atoms with Crippen LogP contribution in [0.25, 0.3) is 17.4 Å². The first kappa shape index (κ1) is 25.0. The molecule has 0 aliphatic heterocycles. The number of hydrogen-bond acceptors (Lipinski definition) is 9. The first-order chi connectivity index (χ1) is 16.2. The number of nitrogens with two attached hydrogens (primary N) is 1. The molecular weight excluding hydrogens is 434 g/mol. The Morgan fingerprint density at radius 2 is 1.82 bits per heavy atom. The second-order valence-corrected chi connectivity index (χ2v) is 9.10. The van der Waals surface area contributed by atoms with E-state index in [9.17, 15) is 5.11 Å². The number of aliphatic hydroxyl groups is 1. The molecule has 0 amide bonds. The number of benzene rings is 1. The molecule has 0 aliphatic rings. The van der Waals surface area contributed by atoms with Crippen molar-refractivity contribution in [2.75, 3.05) is 24.2 Å². The molecule has 4 aromatic rings. The predicted molar refractivity (Wildman–Crippen MR) is 132 cm³/mol. The number of aromatic nitrogens is 5. The van der Waals surface area contributed by atoms with Crippen molar-refractivity contribution >= 4 is 17.7 Å². The van der Waals surface area contributed by atoms with Gasteiger partial charge < -0.3 is 25.3 Å². The third-order valence-electron chi connectivity index (χ3n) is 4.37. The monoisotopic (exact) mass is 467 g/mol. The number of furan rings is 1. The number of hydrogen-bond donors (Lipinski definition) is 3. The predicted octanol–water partition coefficient (Wildman–Crippen LogP) is 3.83. The van der Waals surface area contributed by atoms with E-state index >= 15 is 0 Å². The minimum atomic E-state index is -0.614. The summed E-state index contributed by atoms with van der Waals surface area (Å²) in [6.45, 7) is 10.7. The summed E-state index contributed by atoms with van der Waals surface area (Å²) < 4.78 is 12.4. The Morgan fingerprint density at radius 1 is 1.12 bits per heavy atom. The second kappa shape index (κ2) is 11.0. The number of nitrogen functional groups attached to an aromatic ring is 1. The zero-order valence-electron chi connectivity index (χ0n) is 20.3. The van der Waals surface area contributed by atoms with Crippen LogP contribution in [0.2, 0.25) is 0 Å². The van der Waals surface area contributed by atoms with Gasteiger partial charge in [-0.2, -0.15) is 19.5 Å². The summed E-state index contributed by atoms with van der Waals surface area (Å²) >= 11 is 0. The molecule has 0 unspecified atom stereocenters. The summed E-state index contributed by atoms with van der Waals surface area (Å²) in [7, 11) is 0. The largest absolute Gasteiger partial charge is 0.485 e. The molecule has 34 heavy (non-hydrogen) atoms. The molecule has 182 valence electrons. The van der Waals surface area contributed by atoms with Crippen LogP contribution >= 0.6 is 0 Å². The van der Waals surface area contributed by atoms with Crippen molar-refractivity contribution in [2.45, 2.75) is 46.6 Å². The minimum absolute atomic E-state index is 0.0544. The zero-order chi connectivity index (χ0) is 24.7. The van der Waals surface area contributed by atoms with Crippen molar-refractivity contribution in [1.29, 1.82) is 0 Å². The van der Waals surface area contributed by atoms with Crippen LogP contribution in [0.1, 0.15) is 40.2 Å². The van der Waals surface area contributed by atoms with Gasteiger partial charge in [-0.05, 0) is 56.0 Å². The fourth-order valence-electron chi connectivity index (χ4n) is 2.79. The maximum absolute atomic E-state index is 9.30. The molecular formula is C24H33N7O3. The highest BCUT2D eigenvalue weighted by molar-refractivity contribution is 5.52. The van der Waals surface area contributed by atoms with Crippen molar-refractivity contribution < 1.29 is 14.3 Å². The highest BCUT2D eigenvalue weighted by Gasteiger charge is 2.18. The minimum Gasteiger partial charge on any atom is -0.485 e. The van der Waals surface area contributed by atoms with Gasteiger partial charge in [0, 0.05) is 6.54 Å². The number of ether oxygens (including phenoxy) is 1. The number of nitrogens with one attached hydrogen (secondary N) is 1. The van der Waals surface area contributed by atoms with Gasteiger partial charge >= 0.3 is 0 Å². The van der Waals surface area contributed by atoms with Gasteiger partial charge in [-0.25, -0.2) is 0 Å². The van der Waals surface area contributed by atoms with Crippen LogP contribution in [0, 0.1) is 5.92 Å². The van der Waals surface area contributed by atoms with Crippen LogP contribution in [-0.4, -0.2) is 48.4 Å². The van der Waals surface area contributed by atoms with Gasteiger partial charge in [0.05, 0.1) is 12.9 Å². The molecule has 3 aromatic heterocycles. The van der Waals surface area contributed by atoms with Gasteiger partial charge in [0.2, 0.25) is 17.7 Å². The lowest BCUT2D eigenvalue weighted by atomic mass is 10.1. The summed E-state index contributed by atoms with van der Waals surface area (Å²) in [6, 6.07) is 11.3. The molecule has 0 fully saturated rings. The average molecular weight is 468 g/mol. The fraction of sp³-hybridized carbons (Fsp3) is 0.417. The smallest absolute Gasteiger partial charge is 0.259 e. The Kier molecular flexibility index (Phi) is 8.06. The van der Waals surface area contributed by atoms with E-state index in [4.69, 9.17) is 14.9 Å². The van der Waals surface area contributed by atoms with E-state index in [-0.39, 0.29) is 12.6 Å². The summed E-state index contributed by atoms with van der Waals surface area (Å²) in [4.78, 5) is 12.9. The molecule has 0 bridgehead atoms. The van der Waals surface area contributed by atoms with Crippen molar-refractivity contribution in [2.24, 2.45) is 5.92 Å². The Morgan fingerprint density at radius 3 is 2.44 bits per heavy atom. The Bertz CT molecular complexity index is 1170. The summed E-state index contributed by atoms with van der Waals surface area (Å²) in [5.74, 6) is 3.37. The number of rotatable bonds is 8. The van der Waals surface area contributed by atoms with Gasteiger partial charge in [-0.1, -0.05) is 32.9 Å². The van der Waals surface area contributed by atoms with Gasteiger partial charge in [0.1, 0.15) is 11.4 Å². The number of fused-ring (bicyclic) bond motifs is 1. The molecule has 4 rings (SSSR count). The van der Waals surface area contributed by atoms with Gasteiger partial charge in [0.25, 0.3) is 5.78 Å². The van der Waals surface area contributed by atoms with Crippen LogP contribution in [0.15, 0.2) is 47.1 Å². The van der Waals surface area contributed by atoms with Gasteiger partial charge in [0.15, 0.2) is 5.76 Å². The molecule has 0 saturated heterocycles. The van der Waals surface area contributed by atoms with E-state index in [1.165, 1.54) is 4.52 Å². The van der Waals surface area contributed by atoms with Gasteiger partial charge in [-0.15, -0.1) is 5.10 Å². The summed E-state index contributed by atoms with van der Waals surface area (Å²) in [6.07, 6.45) is 2.30. The van der Waals surface area contributed by atoms with Gasteiger partial charge in [-0.3, -0.25) is 0 Å². The Hall–Kier alpha value is -3.66. The van der Waals surface area contributed by atoms with E-state index in [0.717, 1.165) is 17.9 Å². The van der Waals surface area contributed by atoms with Crippen molar-refractivity contribution in [1.82, 2.24) is 24.6 Å². The van der Waals surface area contributed by atoms with E-state index < -0.39 is 5.60 Å². The van der Waals surface area contributed by atoms with E-state index in [1.807, 2.05) is 38.1 Å². The maximum Gasteiger partial charge on any atom is 0.259 e. The normalized spacial score (nSPS) is 11.4. The first-order valence-corrected chi connectivity index (χ1v) is 11.2. The molecule has 0 spiro atoms. The lowest BCUT2D eigenvalue weighted by molar-refractivity contribution is 0.0412. The number of nitrogens with zero attached hydrogens (tertiary/aromatic N) is 5. The SMILES string of the molecule is CC(C)(CO)Oc1ccc(CCNc2nc(N)n3nc(-c4ccco4)nc3n2)cc1.CC(C)C. The standard InChI is InChI=1S/C20H23N7O3.C4H10/c1-20(2,12-28)30-14-7-5-13(6-8-14)9-10-22-18-24-17(21)27-19(25-18)23-16(26-27)15-4-3-11-29-15;1-4(2)3/h3-8,11,28H,9-10,12H2,1-2H3,(H3,21,22,23,24,25,26);4H,1-3H3. The van der Waals surface area contributed by atoms with Crippen LogP contribution < -0.4 is 15.8 Å². The molecule has 0 radical (unpaired) electrons. The molecule has 10 heteroatoms. The molecule has 3 heterocycles. The lowest BCUT2D eigenvalue weighted by Gasteiger charge is -2.23. The quantitative estimate of drug-likeness (QED) is 0.353. The maximum atomic E-state index is 9.30. The third kappa shape index (κ3) is 6.92. The fourth-order valence-corrected chi connectivity index (χ4v) is 2.79. The highest BCUT2D eigenvalue weighted by Crippen LogP contribution is 2.20.